The highest BCUT2D eigenvalue weighted by atomic mass is 32.1. The fourth-order valence-corrected chi connectivity index (χ4v) is 3.51. The zero-order chi connectivity index (χ0) is 20.0. The number of urea groups is 1. The van der Waals surface area contributed by atoms with Gasteiger partial charge in [-0.1, -0.05) is 6.07 Å². The van der Waals surface area contributed by atoms with E-state index in [0.29, 0.717) is 29.4 Å². The van der Waals surface area contributed by atoms with Crippen molar-refractivity contribution in [2.75, 3.05) is 20.8 Å². The summed E-state index contributed by atoms with van der Waals surface area (Å²) in [4.78, 5) is 12.3. The van der Waals surface area contributed by atoms with Crippen LogP contribution < -0.4 is 20.1 Å². The van der Waals surface area contributed by atoms with Crippen molar-refractivity contribution in [1.82, 2.24) is 10.6 Å². The number of thiophene rings is 1. The van der Waals surface area contributed by atoms with Crippen LogP contribution in [-0.2, 0) is 12.1 Å². The predicted octanol–water partition coefficient (Wildman–Crippen LogP) is 3.09. The average Bonchev–Trinajstić information content (AvgIpc) is 3.44. The molecule has 3 N–H and O–H groups in total. The molecule has 7 nitrogen and oxygen atoms in total. The van der Waals surface area contributed by atoms with Crippen LogP contribution in [0.3, 0.4) is 0 Å². The lowest BCUT2D eigenvalue weighted by Gasteiger charge is -2.25. The quantitative estimate of drug-likeness (QED) is 0.538. The molecule has 0 saturated heterocycles. The zero-order valence-corrected chi connectivity index (χ0v) is 16.4. The predicted molar refractivity (Wildman–Crippen MR) is 106 cm³/mol. The van der Waals surface area contributed by atoms with Gasteiger partial charge in [-0.25, -0.2) is 4.79 Å². The van der Waals surface area contributed by atoms with Crippen LogP contribution in [0, 0.1) is 0 Å². The molecule has 0 bridgehead atoms. The van der Waals surface area contributed by atoms with Crippen molar-refractivity contribution in [2.45, 2.75) is 12.1 Å². The average molecular weight is 402 g/mol. The molecule has 2 heterocycles. The number of ether oxygens (including phenoxy) is 2. The maximum Gasteiger partial charge on any atom is 0.315 e. The van der Waals surface area contributed by atoms with Crippen molar-refractivity contribution >= 4 is 17.4 Å². The third kappa shape index (κ3) is 4.29. The van der Waals surface area contributed by atoms with E-state index in [0.717, 1.165) is 5.56 Å². The van der Waals surface area contributed by atoms with Crippen LogP contribution in [0.15, 0.2) is 57.8 Å². The minimum Gasteiger partial charge on any atom is -0.493 e. The van der Waals surface area contributed by atoms with Gasteiger partial charge in [0.1, 0.15) is 5.76 Å². The number of benzene rings is 1. The van der Waals surface area contributed by atoms with Crippen LogP contribution in [0.5, 0.6) is 11.5 Å². The second-order valence-corrected chi connectivity index (χ2v) is 6.86. The van der Waals surface area contributed by atoms with Gasteiger partial charge in [0, 0.05) is 12.1 Å². The van der Waals surface area contributed by atoms with Crippen LogP contribution in [0.1, 0.15) is 16.9 Å². The number of hydrogen-bond acceptors (Lipinski definition) is 6. The molecule has 1 aromatic carbocycles. The molecule has 0 fully saturated rings. The minimum atomic E-state index is -1.44. The standard InChI is InChI=1S/C20H22N2O5S/c1-25-16-6-5-14(10-17(16)26-2)11-21-19(23)22-13-20(24,15-7-9-28-12-15)18-4-3-8-27-18/h3-10,12,24H,11,13H2,1-2H3,(H2,21,22,23). The third-order valence-corrected chi connectivity index (χ3v) is 5.02. The summed E-state index contributed by atoms with van der Waals surface area (Å²) in [5, 5.41) is 20.3. The summed E-state index contributed by atoms with van der Waals surface area (Å²) in [5.74, 6) is 1.58. The molecule has 28 heavy (non-hydrogen) atoms. The SMILES string of the molecule is COc1ccc(CNC(=O)NCC(O)(c2ccsc2)c2ccco2)cc1OC. The smallest absolute Gasteiger partial charge is 0.315 e. The first-order valence-electron chi connectivity index (χ1n) is 8.58. The largest absolute Gasteiger partial charge is 0.493 e. The molecule has 3 aromatic rings. The number of aliphatic hydroxyl groups is 1. The van der Waals surface area contributed by atoms with Crippen LogP contribution in [0.25, 0.3) is 0 Å². The first-order valence-corrected chi connectivity index (χ1v) is 9.52. The number of rotatable bonds is 8. The topological polar surface area (TPSA) is 93.0 Å². The van der Waals surface area contributed by atoms with Gasteiger partial charge < -0.3 is 29.6 Å². The maximum absolute atomic E-state index is 12.3. The summed E-state index contributed by atoms with van der Waals surface area (Å²) in [6.45, 7) is 0.263. The first-order chi connectivity index (χ1) is 13.6. The zero-order valence-electron chi connectivity index (χ0n) is 15.6. The molecular formula is C20H22N2O5S. The highest BCUT2D eigenvalue weighted by Crippen LogP contribution is 2.31. The third-order valence-electron chi connectivity index (χ3n) is 4.33. The van der Waals surface area contributed by atoms with E-state index < -0.39 is 11.6 Å². The Kier molecular flexibility index (Phi) is 6.23. The van der Waals surface area contributed by atoms with Gasteiger partial charge >= 0.3 is 6.03 Å². The Morgan fingerprint density at radius 1 is 1.18 bits per heavy atom. The van der Waals surface area contributed by atoms with Gasteiger partial charge in [-0.05, 0) is 46.7 Å². The molecule has 0 radical (unpaired) electrons. The fourth-order valence-electron chi connectivity index (χ4n) is 2.79. The van der Waals surface area contributed by atoms with E-state index in [1.807, 2.05) is 16.8 Å². The number of hydrogen-bond donors (Lipinski definition) is 3. The molecular weight excluding hydrogens is 380 g/mol. The van der Waals surface area contributed by atoms with E-state index in [1.165, 1.54) is 17.6 Å². The highest BCUT2D eigenvalue weighted by Gasteiger charge is 2.35. The molecule has 3 rings (SSSR count). The molecule has 148 valence electrons. The molecule has 0 aliphatic rings. The summed E-state index contributed by atoms with van der Waals surface area (Å²) in [6.07, 6.45) is 1.49. The second kappa shape index (κ2) is 8.81. The Morgan fingerprint density at radius 2 is 2.00 bits per heavy atom. The number of nitrogens with one attached hydrogen (secondary N) is 2. The van der Waals surface area contributed by atoms with E-state index in [2.05, 4.69) is 10.6 Å². The Labute approximate surface area is 166 Å². The van der Waals surface area contributed by atoms with Crippen molar-refractivity contribution in [3.8, 4) is 11.5 Å². The molecule has 2 aromatic heterocycles. The Morgan fingerprint density at radius 3 is 2.64 bits per heavy atom. The molecule has 0 aliphatic carbocycles. The van der Waals surface area contributed by atoms with Crippen molar-refractivity contribution in [2.24, 2.45) is 0 Å². The van der Waals surface area contributed by atoms with Crippen LogP contribution in [0.2, 0.25) is 0 Å². The summed E-state index contributed by atoms with van der Waals surface area (Å²) in [5.41, 5.74) is 0.0732. The highest BCUT2D eigenvalue weighted by molar-refractivity contribution is 7.08. The summed E-state index contributed by atoms with van der Waals surface area (Å²) < 4.78 is 15.9. The summed E-state index contributed by atoms with van der Waals surface area (Å²) in [7, 11) is 3.12. The summed E-state index contributed by atoms with van der Waals surface area (Å²) >= 11 is 1.46. The molecule has 0 spiro atoms. The van der Waals surface area contributed by atoms with Gasteiger partial charge in [-0.15, -0.1) is 0 Å². The number of carbonyl (C=O) groups is 1. The molecule has 2 amide bonds. The van der Waals surface area contributed by atoms with Gasteiger partial charge in [0.15, 0.2) is 17.1 Å². The number of amides is 2. The molecule has 0 saturated carbocycles. The molecule has 0 aliphatic heterocycles. The van der Waals surface area contributed by atoms with Crippen molar-refractivity contribution < 1.29 is 23.8 Å². The van der Waals surface area contributed by atoms with Crippen molar-refractivity contribution in [1.29, 1.82) is 0 Å². The van der Waals surface area contributed by atoms with Gasteiger partial charge in [0.05, 0.1) is 27.0 Å². The van der Waals surface area contributed by atoms with Gasteiger partial charge in [-0.3, -0.25) is 0 Å². The van der Waals surface area contributed by atoms with E-state index >= 15 is 0 Å². The van der Waals surface area contributed by atoms with Gasteiger partial charge in [-0.2, -0.15) is 11.3 Å². The van der Waals surface area contributed by atoms with Crippen LogP contribution in [-0.4, -0.2) is 31.9 Å². The number of methoxy groups -OCH3 is 2. The number of carbonyl (C=O) groups excluding carboxylic acids is 1. The lowest BCUT2D eigenvalue weighted by atomic mass is 9.93. The monoisotopic (exact) mass is 402 g/mol. The van der Waals surface area contributed by atoms with Crippen molar-refractivity contribution in [3.63, 3.8) is 0 Å². The van der Waals surface area contributed by atoms with Gasteiger partial charge in [0.2, 0.25) is 0 Å². The fraction of sp³-hybridized carbons (Fsp3) is 0.250. The van der Waals surface area contributed by atoms with E-state index in [4.69, 9.17) is 13.9 Å². The molecule has 1 unspecified atom stereocenters. The molecule has 8 heteroatoms. The lowest BCUT2D eigenvalue weighted by Crippen LogP contribution is -2.45. The first kappa shape index (κ1) is 19.8. The van der Waals surface area contributed by atoms with E-state index in [9.17, 15) is 9.90 Å². The summed E-state index contributed by atoms with van der Waals surface area (Å²) in [6, 6.07) is 10.2. The van der Waals surface area contributed by atoms with Crippen LogP contribution in [0.4, 0.5) is 4.79 Å². The van der Waals surface area contributed by atoms with Crippen molar-refractivity contribution in [3.05, 3.63) is 70.3 Å². The number of furan rings is 1. The molecule has 1 atom stereocenters. The Balaban J connectivity index is 1.61. The minimum absolute atomic E-state index is 0.0327. The second-order valence-electron chi connectivity index (χ2n) is 6.08. The van der Waals surface area contributed by atoms with Gasteiger partial charge in [0.25, 0.3) is 0 Å². The maximum atomic E-state index is 12.3. The Bertz CT molecular complexity index is 859. The Hall–Kier alpha value is -2.97. The van der Waals surface area contributed by atoms with Crippen LogP contribution >= 0.6 is 11.3 Å². The normalized spacial score (nSPS) is 12.8. The van der Waals surface area contributed by atoms with E-state index in [-0.39, 0.29) is 6.54 Å². The van der Waals surface area contributed by atoms with E-state index in [1.54, 1.807) is 44.6 Å². The lowest BCUT2D eigenvalue weighted by molar-refractivity contribution is 0.0591.